The van der Waals surface area contributed by atoms with E-state index < -0.39 is 5.97 Å². The van der Waals surface area contributed by atoms with Crippen LogP contribution < -0.4 is 0 Å². The molecule has 2 aliphatic heterocycles. The summed E-state index contributed by atoms with van der Waals surface area (Å²) in [5.41, 5.74) is 0. The Morgan fingerprint density at radius 2 is 2.13 bits per heavy atom. The van der Waals surface area contributed by atoms with Crippen molar-refractivity contribution < 1.29 is 14.6 Å². The van der Waals surface area contributed by atoms with Crippen LogP contribution in [-0.4, -0.2) is 47.8 Å². The fourth-order valence-corrected chi connectivity index (χ4v) is 2.82. The Balaban J connectivity index is 1.89. The van der Waals surface area contributed by atoms with Gasteiger partial charge in [-0.1, -0.05) is 0 Å². The van der Waals surface area contributed by atoms with Gasteiger partial charge in [0.15, 0.2) is 0 Å². The van der Waals surface area contributed by atoms with Gasteiger partial charge in [-0.2, -0.15) is 0 Å². The lowest BCUT2D eigenvalue weighted by Gasteiger charge is -2.53. The van der Waals surface area contributed by atoms with Crippen LogP contribution in [0.5, 0.6) is 0 Å². The number of aliphatic carboxylic acids is 1. The Hall–Kier alpha value is -0.610. The quantitative estimate of drug-likeness (QED) is 0.751. The van der Waals surface area contributed by atoms with Gasteiger partial charge in [-0.05, 0) is 32.1 Å². The van der Waals surface area contributed by atoms with E-state index in [1.54, 1.807) is 6.92 Å². The summed E-state index contributed by atoms with van der Waals surface area (Å²) in [5.74, 6) is 0.403. The topological polar surface area (TPSA) is 49.8 Å². The van der Waals surface area contributed by atoms with Crippen LogP contribution in [0.3, 0.4) is 0 Å². The Bertz CT molecular complexity index is 244. The summed E-state index contributed by atoms with van der Waals surface area (Å²) >= 11 is 0. The number of rotatable bonds is 4. The largest absolute Gasteiger partial charge is 0.480 e. The van der Waals surface area contributed by atoms with E-state index in [0.29, 0.717) is 17.9 Å². The number of carbonyl (C=O) groups is 1. The van der Waals surface area contributed by atoms with Crippen LogP contribution in [0.25, 0.3) is 0 Å². The summed E-state index contributed by atoms with van der Waals surface area (Å²) < 4.78 is 5.66. The van der Waals surface area contributed by atoms with E-state index in [2.05, 4.69) is 4.90 Å². The average Bonchev–Trinajstić information content (AvgIpc) is 2.24. The van der Waals surface area contributed by atoms with Gasteiger partial charge in [-0.25, -0.2) is 0 Å². The molecule has 2 heterocycles. The molecule has 0 amide bonds. The number of carboxylic acids is 1. The third kappa shape index (κ3) is 1.88. The maximum Gasteiger partial charge on any atom is 0.320 e. The first-order valence-corrected chi connectivity index (χ1v) is 5.72. The van der Waals surface area contributed by atoms with E-state index in [9.17, 15) is 4.79 Å². The van der Waals surface area contributed by atoms with Crippen molar-refractivity contribution in [1.29, 1.82) is 0 Å². The van der Waals surface area contributed by atoms with E-state index in [0.717, 1.165) is 19.7 Å². The zero-order valence-electron chi connectivity index (χ0n) is 9.35. The molecule has 0 aromatic rings. The first-order valence-electron chi connectivity index (χ1n) is 5.72. The van der Waals surface area contributed by atoms with Gasteiger partial charge >= 0.3 is 5.97 Å². The zero-order chi connectivity index (χ0) is 11.0. The number of ether oxygens (including phenoxy) is 1. The number of hydrogen-bond donors (Lipinski definition) is 1. The van der Waals surface area contributed by atoms with Gasteiger partial charge in [0, 0.05) is 19.7 Å². The van der Waals surface area contributed by atoms with Crippen molar-refractivity contribution in [2.45, 2.75) is 32.4 Å². The normalized spacial score (nSPS) is 37.1. The van der Waals surface area contributed by atoms with Crippen molar-refractivity contribution in [3.8, 4) is 0 Å². The Morgan fingerprint density at radius 1 is 1.53 bits per heavy atom. The molecule has 2 saturated heterocycles. The summed E-state index contributed by atoms with van der Waals surface area (Å²) in [7, 11) is 0. The lowest BCUT2D eigenvalue weighted by Crippen LogP contribution is -2.61. The average molecular weight is 213 g/mol. The van der Waals surface area contributed by atoms with Crippen molar-refractivity contribution in [3.05, 3.63) is 0 Å². The second-order valence-corrected chi connectivity index (χ2v) is 4.64. The molecule has 2 bridgehead atoms. The number of fused-ring (bicyclic) bond motifs is 2. The molecule has 3 atom stereocenters. The van der Waals surface area contributed by atoms with Crippen molar-refractivity contribution in [2.75, 3.05) is 19.7 Å². The lowest BCUT2D eigenvalue weighted by atomic mass is 9.67. The highest BCUT2D eigenvalue weighted by Crippen LogP contribution is 2.42. The van der Waals surface area contributed by atoms with Crippen LogP contribution in [0.2, 0.25) is 0 Å². The highest BCUT2D eigenvalue weighted by molar-refractivity contribution is 5.72. The van der Waals surface area contributed by atoms with Gasteiger partial charge in [0.25, 0.3) is 0 Å². The summed E-state index contributed by atoms with van der Waals surface area (Å²) in [6.45, 7) is 6.32. The Labute approximate surface area is 90.2 Å². The van der Waals surface area contributed by atoms with Gasteiger partial charge < -0.3 is 9.84 Å². The molecule has 3 rings (SSSR count). The molecule has 0 radical (unpaired) electrons. The molecule has 15 heavy (non-hydrogen) atoms. The van der Waals surface area contributed by atoms with E-state index in [1.165, 1.54) is 6.42 Å². The monoisotopic (exact) mass is 213 g/mol. The molecule has 3 aliphatic rings. The van der Waals surface area contributed by atoms with Crippen molar-refractivity contribution in [2.24, 2.45) is 11.8 Å². The van der Waals surface area contributed by atoms with Crippen LogP contribution in [-0.2, 0) is 9.53 Å². The van der Waals surface area contributed by atoms with Crippen LogP contribution in [0.4, 0.5) is 0 Å². The van der Waals surface area contributed by atoms with Gasteiger partial charge in [0.2, 0.25) is 0 Å². The molecule has 3 fully saturated rings. The summed E-state index contributed by atoms with van der Waals surface area (Å²) in [6, 6.07) is -0.349. The minimum atomic E-state index is -0.718. The van der Waals surface area contributed by atoms with Gasteiger partial charge in [-0.3, -0.25) is 9.69 Å². The van der Waals surface area contributed by atoms with Gasteiger partial charge in [-0.15, -0.1) is 0 Å². The molecule has 1 N–H and O–H groups in total. The van der Waals surface area contributed by atoms with E-state index in [1.807, 2.05) is 6.92 Å². The second kappa shape index (κ2) is 4.10. The van der Waals surface area contributed by atoms with Crippen molar-refractivity contribution in [3.63, 3.8) is 0 Å². The third-order valence-electron chi connectivity index (χ3n) is 3.74. The van der Waals surface area contributed by atoms with Gasteiger partial charge in [0.05, 0.1) is 6.10 Å². The molecular formula is C11H19NO3. The number of nitrogens with zero attached hydrogens (tertiary/aromatic N) is 1. The Kier molecular flexibility index (Phi) is 2.98. The minimum absolute atomic E-state index is 0.349. The van der Waals surface area contributed by atoms with Crippen LogP contribution in [0.1, 0.15) is 20.3 Å². The molecule has 0 aromatic carbocycles. The van der Waals surface area contributed by atoms with Crippen molar-refractivity contribution >= 4 is 5.97 Å². The SMILES string of the molecule is CCOC1C2CC1CN(C(C)C(=O)O)C2. The molecular weight excluding hydrogens is 194 g/mol. The summed E-state index contributed by atoms with van der Waals surface area (Å²) in [6.07, 6.45) is 1.61. The molecule has 4 nitrogen and oxygen atoms in total. The first kappa shape index (κ1) is 10.9. The molecule has 1 saturated carbocycles. The minimum Gasteiger partial charge on any atom is -0.480 e. The molecule has 0 aromatic heterocycles. The van der Waals surface area contributed by atoms with Crippen LogP contribution in [0.15, 0.2) is 0 Å². The van der Waals surface area contributed by atoms with Crippen molar-refractivity contribution in [1.82, 2.24) is 4.90 Å². The predicted molar refractivity (Wildman–Crippen MR) is 55.7 cm³/mol. The van der Waals surface area contributed by atoms with Gasteiger partial charge in [0.1, 0.15) is 6.04 Å². The second-order valence-electron chi connectivity index (χ2n) is 4.64. The smallest absolute Gasteiger partial charge is 0.320 e. The zero-order valence-corrected chi connectivity index (χ0v) is 9.35. The summed E-state index contributed by atoms with van der Waals surface area (Å²) in [4.78, 5) is 12.9. The fourth-order valence-electron chi connectivity index (χ4n) is 2.82. The van der Waals surface area contributed by atoms with E-state index in [4.69, 9.17) is 9.84 Å². The Morgan fingerprint density at radius 3 is 2.60 bits per heavy atom. The lowest BCUT2D eigenvalue weighted by molar-refractivity contribution is -0.162. The number of hydrogen-bond acceptors (Lipinski definition) is 3. The standard InChI is InChI=1S/C11H19NO3/c1-3-15-10-8-4-9(10)6-12(5-8)7(2)11(13)14/h7-10H,3-6H2,1-2H3,(H,13,14). The third-order valence-corrected chi connectivity index (χ3v) is 3.74. The molecule has 86 valence electrons. The molecule has 1 aliphatic carbocycles. The van der Waals surface area contributed by atoms with E-state index >= 15 is 0 Å². The van der Waals surface area contributed by atoms with Crippen LogP contribution >= 0.6 is 0 Å². The first-order chi connectivity index (χ1) is 7.13. The highest BCUT2D eigenvalue weighted by atomic mass is 16.5. The maximum atomic E-state index is 10.9. The fraction of sp³-hybridized carbons (Fsp3) is 0.909. The summed E-state index contributed by atoms with van der Waals surface area (Å²) in [5, 5.41) is 8.93. The molecule has 4 heteroatoms. The molecule has 3 unspecified atom stereocenters. The number of piperidine rings is 2. The van der Waals surface area contributed by atoms with E-state index in [-0.39, 0.29) is 6.04 Å². The highest BCUT2D eigenvalue weighted by Gasteiger charge is 2.48. The maximum absolute atomic E-state index is 10.9. The molecule has 0 spiro atoms. The predicted octanol–water partition coefficient (Wildman–Crippen LogP) is 0.816. The van der Waals surface area contributed by atoms with Crippen LogP contribution in [0, 0.1) is 11.8 Å². The number of carboxylic acid groups (broad SMARTS) is 1.